The molecule has 140 valence electrons. The van der Waals surface area contributed by atoms with Crippen molar-refractivity contribution in [2.75, 3.05) is 22.5 Å². The fourth-order valence-corrected chi connectivity index (χ4v) is 2.77. The molecule has 1 aromatic carbocycles. The van der Waals surface area contributed by atoms with Gasteiger partial charge in [-0.25, -0.2) is 4.98 Å². The number of carbonyl (C=O) groups excluding carboxylic acids is 3. The highest BCUT2D eigenvalue weighted by molar-refractivity contribution is 6.07. The van der Waals surface area contributed by atoms with Gasteiger partial charge in [0.05, 0.1) is 0 Å². The van der Waals surface area contributed by atoms with Crippen LogP contribution in [0, 0.1) is 0 Å². The van der Waals surface area contributed by atoms with Gasteiger partial charge in [0.15, 0.2) is 23.0 Å². The third-order valence-electron chi connectivity index (χ3n) is 4.10. The van der Waals surface area contributed by atoms with Gasteiger partial charge in [-0.2, -0.15) is 0 Å². The van der Waals surface area contributed by atoms with Gasteiger partial charge in [-0.1, -0.05) is 12.1 Å². The Morgan fingerprint density at radius 1 is 1.26 bits per heavy atom. The first-order valence-electron chi connectivity index (χ1n) is 8.36. The number of nitrogens with zero attached hydrogens (tertiary/aromatic N) is 2. The number of hydrogen-bond acceptors (Lipinski definition) is 6. The second-order valence-corrected chi connectivity index (χ2v) is 6.75. The van der Waals surface area contributed by atoms with Gasteiger partial charge in [-0.15, -0.1) is 0 Å². The van der Waals surface area contributed by atoms with E-state index in [0.717, 1.165) is 0 Å². The number of nitrogens with one attached hydrogen (secondary N) is 1. The summed E-state index contributed by atoms with van der Waals surface area (Å²) in [5.74, 6) is -0.154. The number of hydrogen-bond donors (Lipinski definition) is 2. The van der Waals surface area contributed by atoms with Crippen LogP contribution in [0.3, 0.4) is 0 Å². The van der Waals surface area contributed by atoms with E-state index in [-0.39, 0.29) is 24.0 Å². The van der Waals surface area contributed by atoms with E-state index in [0.29, 0.717) is 17.0 Å². The molecule has 0 spiro atoms. The summed E-state index contributed by atoms with van der Waals surface area (Å²) in [7, 11) is 0. The maximum atomic E-state index is 12.7. The number of anilines is 3. The van der Waals surface area contributed by atoms with Crippen molar-refractivity contribution >= 4 is 34.9 Å². The van der Waals surface area contributed by atoms with Gasteiger partial charge < -0.3 is 15.8 Å². The molecule has 8 heteroatoms. The van der Waals surface area contributed by atoms with Crippen LogP contribution in [0.5, 0.6) is 5.75 Å². The smallest absolute Gasteiger partial charge is 0.272 e. The molecule has 0 saturated heterocycles. The van der Waals surface area contributed by atoms with Gasteiger partial charge in [0.25, 0.3) is 5.91 Å². The largest absolute Gasteiger partial charge is 0.474 e. The van der Waals surface area contributed by atoms with Crippen molar-refractivity contribution in [1.82, 2.24) is 4.98 Å². The molecule has 2 heterocycles. The van der Waals surface area contributed by atoms with Crippen LogP contribution in [0.4, 0.5) is 17.3 Å². The minimum atomic E-state index is -1.14. The zero-order chi connectivity index (χ0) is 19.8. The molecule has 8 nitrogen and oxygen atoms in total. The number of benzene rings is 1. The molecule has 0 atom stereocenters. The fourth-order valence-electron chi connectivity index (χ4n) is 2.77. The average Bonchev–Trinajstić information content (AvgIpc) is 2.60. The summed E-state index contributed by atoms with van der Waals surface area (Å²) in [5.41, 5.74) is 5.53. The first-order valence-corrected chi connectivity index (χ1v) is 8.36. The molecule has 0 aliphatic carbocycles. The molecule has 27 heavy (non-hydrogen) atoms. The highest BCUT2D eigenvalue weighted by Gasteiger charge is 2.42. The lowest BCUT2D eigenvalue weighted by Crippen LogP contribution is -2.54. The van der Waals surface area contributed by atoms with Crippen molar-refractivity contribution in [3.05, 3.63) is 42.0 Å². The number of nitrogens with two attached hydrogens (primary N) is 1. The lowest BCUT2D eigenvalue weighted by atomic mass is 10.1. The number of pyridine rings is 1. The Kier molecular flexibility index (Phi) is 4.57. The van der Waals surface area contributed by atoms with Crippen molar-refractivity contribution in [1.29, 1.82) is 0 Å². The maximum Gasteiger partial charge on any atom is 0.272 e. The minimum Gasteiger partial charge on any atom is -0.474 e. The molecule has 0 fully saturated rings. The van der Waals surface area contributed by atoms with Crippen molar-refractivity contribution in [3.8, 4) is 5.75 Å². The van der Waals surface area contributed by atoms with Crippen molar-refractivity contribution in [2.45, 2.75) is 26.4 Å². The number of ether oxygens (including phenoxy) is 1. The summed E-state index contributed by atoms with van der Waals surface area (Å²) < 4.78 is 5.68. The highest BCUT2D eigenvalue weighted by Crippen LogP contribution is 2.36. The van der Waals surface area contributed by atoms with Gasteiger partial charge >= 0.3 is 0 Å². The van der Waals surface area contributed by atoms with Crippen LogP contribution >= 0.6 is 0 Å². The van der Waals surface area contributed by atoms with Crippen LogP contribution in [0.25, 0.3) is 0 Å². The Morgan fingerprint density at radius 3 is 2.70 bits per heavy atom. The Balaban J connectivity index is 1.84. The number of carbonyl (C=O) groups is 3. The summed E-state index contributed by atoms with van der Waals surface area (Å²) in [6.07, 6.45) is 0. The molecule has 3 N–H and O–H groups in total. The standard InChI is InChI=1S/C19H20N4O4/c1-11(24)12-5-4-6-13(9-12)21-16(25)10-23-17-14(7-8-15(20)22-17)27-19(2,3)18(23)26/h4-9H,10H2,1-3H3,(H2,20,22)(H,21,25). The summed E-state index contributed by atoms with van der Waals surface area (Å²) in [6.45, 7) is 4.42. The Morgan fingerprint density at radius 2 is 2.00 bits per heavy atom. The van der Waals surface area contributed by atoms with Crippen molar-refractivity contribution in [3.63, 3.8) is 0 Å². The zero-order valence-corrected chi connectivity index (χ0v) is 15.3. The van der Waals surface area contributed by atoms with E-state index in [2.05, 4.69) is 10.3 Å². The van der Waals surface area contributed by atoms with E-state index in [1.165, 1.54) is 11.8 Å². The van der Waals surface area contributed by atoms with Gasteiger partial charge in [0.1, 0.15) is 12.4 Å². The second-order valence-electron chi connectivity index (χ2n) is 6.75. The molecule has 2 aromatic rings. The Hall–Kier alpha value is -3.42. The van der Waals surface area contributed by atoms with Crippen LogP contribution in [-0.4, -0.2) is 34.7 Å². The third kappa shape index (κ3) is 3.74. The zero-order valence-electron chi connectivity index (χ0n) is 15.3. The molecular weight excluding hydrogens is 348 g/mol. The Labute approximate surface area is 156 Å². The normalized spacial score (nSPS) is 14.9. The van der Waals surface area contributed by atoms with Gasteiger partial charge in [-0.05, 0) is 45.0 Å². The van der Waals surface area contributed by atoms with Crippen molar-refractivity contribution in [2.24, 2.45) is 0 Å². The quantitative estimate of drug-likeness (QED) is 0.798. The highest BCUT2D eigenvalue weighted by atomic mass is 16.5. The molecule has 0 unspecified atom stereocenters. The number of fused-ring (bicyclic) bond motifs is 1. The van der Waals surface area contributed by atoms with Gasteiger partial charge in [0, 0.05) is 11.3 Å². The molecule has 2 amide bonds. The first-order chi connectivity index (χ1) is 12.7. The molecule has 0 radical (unpaired) electrons. The third-order valence-corrected chi connectivity index (χ3v) is 4.10. The SMILES string of the molecule is CC(=O)c1cccc(NC(=O)CN2C(=O)C(C)(C)Oc3ccc(N)nc32)c1. The van der Waals surface area contributed by atoms with Crippen LogP contribution in [0.15, 0.2) is 36.4 Å². The van der Waals surface area contributed by atoms with E-state index < -0.39 is 17.4 Å². The van der Waals surface area contributed by atoms with Gasteiger partial charge in [0.2, 0.25) is 5.91 Å². The second kappa shape index (κ2) is 6.71. The molecule has 3 rings (SSSR count). The number of rotatable bonds is 4. The molecule has 0 bridgehead atoms. The molecule has 1 aliphatic heterocycles. The maximum absolute atomic E-state index is 12.7. The van der Waals surface area contributed by atoms with Crippen LogP contribution in [0.1, 0.15) is 31.1 Å². The predicted molar refractivity (Wildman–Crippen MR) is 101 cm³/mol. The lowest BCUT2D eigenvalue weighted by Gasteiger charge is -2.37. The van der Waals surface area contributed by atoms with E-state index >= 15 is 0 Å². The molecule has 0 saturated carbocycles. The summed E-state index contributed by atoms with van der Waals surface area (Å²) in [5, 5.41) is 2.69. The number of Topliss-reactive ketones (excluding diaryl/α,β-unsaturated/α-hetero) is 1. The number of amides is 2. The summed E-state index contributed by atoms with van der Waals surface area (Å²) in [6, 6.07) is 9.76. The van der Waals surface area contributed by atoms with E-state index in [9.17, 15) is 14.4 Å². The minimum absolute atomic E-state index is 0.107. The molecule has 1 aromatic heterocycles. The summed E-state index contributed by atoms with van der Waals surface area (Å²) in [4.78, 5) is 42.1. The number of ketones is 1. The first kappa shape index (κ1) is 18.4. The van der Waals surface area contributed by atoms with Crippen molar-refractivity contribution < 1.29 is 19.1 Å². The Bertz CT molecular complexity index is 939. The topological polar surface area (TPSA) is 115 Å². The predicted octanol–water partition coefficient (Wildman–Crippen LogP) is 2.01. The van der Waals surface area contributed by atoms with E-state index in [4.69, 9.17) is 10.5 Å². The number of aromatic nitrogens is 1. The van der Waals surface area contributed by atoms with Gasteiger partial charge in [-0.3, -0.25) is 19.3 Å². The fraction of sp³-hybridized carbons (Fsp3) is 0.263. The van der Waals surface area contributed by atoms with Crippen LogP contribution in [0.2, 0.25) is 0 Å². The van der Waals surface area contributed by atoms with Crippen LogP contribution in [-0.2, 0) is 9.59 Å². The number of nitrogen functional groups attached to an aromatic ring is 1. The molecular formula is C19H20N4O4. The molecule has 1 aliphatic rings. The lowest BCUT2D eigenvalue weighted by molar-refractivity contribution is -0.133. The van der Waals surface area contributed by atoms with Crippen LogP contribution < -0.4 is 20.7 Å². The van der Waals surface area contributed by atoms with E-state index in [1.807, 2.05) is 0 Å². The average molecular weight is 368 g/mol. The van der Waals surface area contributed by atoms with E-state index in [1.54, 1.807) is 50.2 Å². The summed E-state index contributed by atoms with van der Waals surface area (Å²) >= 11 is 0. The monoisotopic (exact) mass is 368 g/mol.